The van der Waals surface area contributed by atoms with Crippen molar-refractivity contribution in [1.82, 2.24) is 20.0 Å². The van der Waals surface area contributed by atoms with Crippen molar-refractivity contribution in [3.63, 3.8) is 0 Å². The Morgan fingerprint density at radius 3 is 2.90 bits per heavy atom. The first-order chi connectivity index (χ1) is 9.47. The van der Waals surface area contributed by atoms with Crippen molar-refractivity contribution in [3.8, 4) is 0 Å². The van der Waals surface area contributed by atoms with Crippen molar-refractivity contribution in [2.45, 2.75) is 33.2 Å². The van der Waals surface area contributed by atoms with Gasteiger partial charge in [-0.1, -0.05) is 11.6 Å². The van der Waals surface area contributed by atoms with Gasteiger partial charge in [0.1, 0.15) is 5.15 Å². The fourth-order valence-electron chi connectivity index (χ4n) is 2.83. The van der Waals surface area contributed by atoms with Crippen LogP contribution in [0.1, 0.15) is 31.0 Å². The van der Waals surface area contributed by atoms with Crippen LogP contribution in [-0.4, -0.2) is 40.2 Å². The summed E-state index contributed by atoms with van der Waals surface area (Å²) >= 11 is 6.29. The minimum absolute atomic E-state index is 0.0493. The minimum Gasteiger partial charge on any atom is -0.356 e. The molecular formula is C14H23ClN4O. The average molecular weight is 299 g/mol. The molecule has 6 heteroatoms. The summed E-state index contributed by atoms with van der Waals surface area (Å²) in [6, 6.07) is 0. The van der Waals surface area contributed by atoms with Gasteiger partial charge in [-0.3, -0.25) is 14.4 Å². The third-order valence-electron chi connectivity index (χ3n) is 3.89. The van der Waals surface area contributed by atoms with Gasteiger partial charge in [0.15, 0.2) is 0 Å². The summed E-state index contributed by atoms with van der Waals surface area (Å²) in [6.07, 6.45) is 2.34. The van der Waals surface area contributed by atoms with Crippen LogP contribution in [0.4, 0.5) is 0 Å². The number of likely N-dealkylation sites (tertiary alicyclic amines) is 1. The maximum Gasteiger partial charge on any atom is 0.216 e. The van der Waals surface area contributed by atoms with Crippen LogP contribution in [0, 0.1) is 12.8 Å². The van der Waals surface area contributed by atoms with Gasteiger partial charge in [0.2, 0.25) is 5.91 Å². The lowest BCUT2D eigenvalue weighted by molar-refractivity contribution is -0.119. The van der Waals surface area contributed by atoms with Crippen molar-refractivity contribution in [3.05, 3.63) is 16.4 Å². The Labute approximate surface area is 125 Å². The summed E-state index contributed by atoms with van der Waals surface area (Å²) in [5.74, 6) is 0.580. The molecule has 0 aromatic carbocycles. The van der Waals surface area contributed by atoms with E-state index in [2.05, 4.69) is 15.3 Å². The number of hydrogen-bond acceptors (Lipinski definition) is 3. The quantitative estimate of drug-likeness (QED) is 0.921. The Balaban J connectivity index is 1.94. The molecule has 5 nitrogen and oxygen atoms in total. The van der Waals surface area contributed by atoms with Gasteiger partial charge in [0, 0.05) is 39.2 Å². The molecule has 1 atom stereocenters. The summed E-state index contributed by atoms with van der Waals surface area (Å²) in [7, 11) is 1.87. The van der Waals surface area contributed by atoms with Gasteiger partial charge < -0.3 is 5.32 Å². The third-order valence-corrected chi connectivity index (χ3v) is 4.37. The molecule has 0 bridgehead atoms. The molecule has 1 amide bonds. The summed E-state index contributed by atoms with van der Waals surface area (Å²) in [6.45, 7) is 7.27. The number of halogens is 1. The van der Waals surface area contributed by atoms with Crippen LogP contribution < -0.4 is 5.32 Å². The molecule has 2 rings (SSSR count). The highest BCUT2D eigenvalue weighted by Gasteiger charge is 2.22. The van der Waals surface area contributed by atoms with Crippen molar-refractivity contribution in [2.75, 3.05) is 19.6 Å². The molecule has 0 aliphatic carbocycles. The number of amides is 1. The highest BCUT2D eigenvalue weighted by atomic mass is 35.5. The fraction of sp³-hybridized carbons (Fsp3) is 0.714. The molecule has 0 spiro atoms. The van der Waals surface area contributed by atoms with Crippen molar-refractivity contribution in [1.29, 1.82) is 0 Å². The largest absolute Gasteiger partial charge is 0.356 e. The van der Waals surface area contributed by atoms with Gasteiger partial charge in [0.25, 0.3) is 0 Å². The minimum atomic E-state index is 0.0493. The van der Waals surface area contributed by atoms with E-state index in [0.29, 0.717) is 5.92 Å². The highest BCUT2D eigenvalue weighted by Crippen LogP contribution is 2.23. The molecule has 1 unspecified atom stereocenters. The van der Waals surface area contributed by atoms with Crippen LogP contribution >= 0.6 is 11.6 Å². The van der Waals surface area contributed by atoms with E-state index >= 15 is 0 Å². The van der Waals surface area contributed by atoms with Gasteiger partial charge in [-0.15, -0.1) is 0 Å². The first kappa shape index (κ1) is 15.3. The lowest BCUT2D eigenvalue weighted by Gasteiger charge is -2.32. The molecule has 0 saturated carbocycles. The third kappa shape index (κ3) is 3.73. The zero-order valence-corrected chi connectivity index (χ0v) is 13.2. The molecule has 1 aliphatic rings. The average Bonchev–Trinajstić information content (AvgIpc) is 2.64. The van der Waals surface area contributed by atoms with E-state index in [1.165, 1.54) is 12.8 Å². The molecule has 1 fully saturated rings. The summed E-state index contributed by atoms with van der Waals surface area (Å²) < 4.78 is 1.73. The number of carbonyl (C=O) groups excluding carboxylic acids is 1. The van der Waals surface area contributed by atoms with Crippen LogP contribution in [0.5, 0.6) is 0 Å². The highest BCUT2D eigenvalue weighted by molar-refractivity contribution is 6.30. The van der Waals surface area contributed by atoms with Crippen LogP contribution in [-0.2, 0) is 18.4 Å². The van der Waals surface area contributed by atoms with Crippen molar-refractivity contribution in [2.24, 2.45) is 13.0 Å². The van der Waals surface area contributed by atoms with E-state index < -0.39 is 0 Å². The number of aryl methyl sites for hydroxylation is 2. The van der Waals surface area contributed by atoms with Gasteiger partial charge in [0.05, 0.1) is 5.69 Å². The van der Waals surface area contributed by atoms with Crippen LogP contribution in [0.2, 0.25) is 5.15 Å². The van der Waals surface area contributed by atoms with E-state index in [4.69, 9.17) is 11.6 Å². The molecule has 1 N–H and O–H groups in total. The number of nitrogens with zero attached hydrogens (tertiary/aromatic N) is 3. The Morgan fingerprint density at radius 2 is 2.30 bits per heavy atom. The topological polar surface area (TPSA) is 50.2 Å². The van der Waals surface area contributed by atoms with Crippen molar-refractivity contribution >= 4 is 17.5 Å². The first-order valence-corrected chi connectivity index (χ1v) is 7.50. The summed E-state index contributed by atoms with van der Waals surface area (Å²) in [5.41, 5.74) is 2.12. The van der Waals surface area contributed by atoms with Crippen molar-refractivity contribution < 1.29 is 4.79 Å². The Kier molecular flexibility index (Phi) is 5.05. The maximum atomic E-state index is 11.0. The Bertz CT molecular complexity index is 486. The number of piperidine rings is 1. The van der Waals surface area contributed by atoms with E-state index in [1.54, 1.807) is 11.6 Å². The second-order valence-corrected chi connectivity index (χ2v) is 6.02. The molecule has 1 saturated heterocycles. The van der Waals surface area contributed by atoms with Gasteiger partial charge in [-0.25, -0.2) is 0 Å². The number of carbonyl (C=O) groups is 1. The normalized spacial score (nSPS) is 20.1. The first-order valence-electron chi connectivity index (χ1n) is 7.12. The standard InChI is InChI=1S/C14H23ClN4O/c1-10-13(14(15)18(3)17-10)9-19-6-4-5-12(8-19)7-16-11(2)20/h12H,4-9H2,1-3H3,(H,16,20). The van der Waals surface area contributed by atoms with Gasteiger partial charge >= 0.3 is 0 Å². The van der Waals surface area contributed by atoms with Crippen LogP contribution in [0.15, 0.2) is 0 Å². The van der Waals surface area contributed by atoms with Crippen LogP contribution in [0.25, 0.3) is 0 Å². The molecule has 1 aliphatic heterocycles. The van der Waals surface area contributed by atoms with E-state index in [-0.39, 0.29) is 5.91 Å². The predicted octanol–water partition coefficient (Wildman–Crippen LogP) is 1.73. The number of rotatable bonds is 4. The Hall–Kier alpha value is -1.07. The molecule has 1 aromatic heterocycles. The molecular weight excluding hydrogens is 276 g/mol. The zero-order valence-electron chi connectivity index (χ0n) is 12.4. The smallest absolute Gasteiger partial charge is 0.216 e. The monoisotopic (exact) mass is 298 g/mol. The number of aromatic nitrogens is 2. The van der Waals surface area contributed by atoms with Gasteiger partial charge in [-0.05, 0) is 32.2 Å². The molecule has 2 heterocycles. The zero-order chi connectivity index (χ0) is 14.7. The lowest BCUT2D eigenvalue weighted by atomic mass is 9.97. The summed E-state index contributed by atoms with van der Waals surface area (Å²) in [5, 5.41) is 8.00. The molecule has 112 valence electrons. The summed E-state index contributed by atoms with van der Waals surface area (Å²) in [4.78, 5) is 13.4. The number of nitrogens with one attached hydrogen (secondary N) is 1. The second kappa shape index (κ2) is 6.59. The van der Waals surface area contributed by atoms with Gasteiger partial charge in [-0.2, -0.15) is 5.10 Å². The molecule has 1 aromatic rings. The SMILES string of the molecule is CC(=O)NCC1CCCN(Cc2c(C)nn(C)c2Cl)C1. The molecule has 20 heavy (non-hydrogen) atoms. The second-order valence-electron chi connectivity index (χ2n) is 5.66. The predicted molar refractivity (Wildman–Crippen MR) is 79.6 cm³/mol. The number of hydrogen-bond donors (Lipinski definition) is 1. The molecule has 0 radical (unpaired) electrons. The van der Waals surface area contributed by atoms with Crippen LogP contribution in [0.3, 0.4) is 0 Å². The lowest BCUT2D eigenvalue weighted by Crippen LogP contribution is -2.40. The van der Waals surface area contributed by atoms with E-state index in [9.17, 15) is 4.79 Å². The maximum absolute atomic E-state index is 11.0. The Morgan fingerprint density at radius 1 is 1.55 bits per heavy atom. The van der Waals surface area contributed by atoms with E-state index in [1.807, 2.05) is 14.0 Å². The fourth-order valence-corrected chi connectivity index (χ4v) is 3.06. The van der Waals surface area contributed by atoms with E-state index in [0.717, 1.165) is 42.6 Å².